The molecule has 1 heterocycles. The van der Waals surface area contributed by atoms with Crippen molar-refractivity contribution in [2.45, 2.75) is 19.4 Å². The van der Waals surface area contributed by atoms with Crippen LogP contribution in [0.15, 0.2) is 16.7 Å². The minimum atomic E-state index is 0.158. The van der Waals surface area contributed by atoms with E-state index in [1.165, 1.54) is 0 Å². The Labute approximate surface area is 77.6 Å². The van der Waals surface area contributed by atoms with Gasteiger partial charge in [-0.3, -0.25) is 0 Å². The SMILES string of the molecule is COCc1ccoc1C(C)CON. The third kappa shape index (κ3) is 2.55. The summed E-state index contributed by atoms with van der Waals surface area (Å²) in [5.41, 5.74) is 1.05. The van der Waals surface area contributed by atoms with Crippen molar-refractivity contribution in [3.63, 3.8) is 0 Å². The van der Waals surface area contributed by atoms with Gasteiger partial charge in [-0.1, -0.05) is 6.92 Å². The Morgan fingerprint density at radius 1 is 1.62 bits per heavy atom. The lowest BCUT2D eigenvalue weighted by Gasteiger charge is -2.08. The van der Waals surface area contributed by atoms with Gasteiger partial charge in [0, 0.05) is 18.6 Å². The Morgan fingerprint density at radius 3 is 3.00 bits per heavy atom. The molecule has 1 unspecified atom stereocenters. The molecule has 0 aliphatic rings. The van der Waals surface area contributed by atoms with E-state index >= 15 is 0 Å². The molecule has 1 rings (SSSR count). The van der Waals surface area contributed by atoms with Gasteiger partial charge < -0.3 is 14.0 Å². The normalized spacial score (nSPS) is 13.2. The maximum atomic E-state index is 5.32. The molecule has 0 amide bonds. The van der Waals surface area contributed by atoms with E-state index in [1.807, 2.05) is 13.0 Å². The zero-order valence-corrected chi connectivity index (χ0v) is 7.95. The molecular weight excluding hydrogens is 170 g/mol. The van der Waals surface area contributed by atoms with Crippen molar-refractivity contribution in [1.29, 1.82) is 0 Å². The van der Waals surface area contributed by atoms with Gasteiger partial charge in [0.15, 0.2) is 0 Å². The smallest absolute Gasteiger partial charge is 0.114 e. The second-order valence-corrected chi connectivity index (χ2v) is 2.98. The van der Waals surface area contributed by atoms with Gasteiger partial charge in [-0.2, -0.15) is 0 Å². The molecule has 0 radical (unpaired) electrons. The Morgan fingerprint density at radius 2 is 2.38 bits per heavy atom. The maximum absolute atomic E-state index is 5.32. The van der Waals surface area contributed by atoms with E-state index in [9.17, 15) is 0 Å². The largest absolute Gasteiger partial charge is 0.469 e. The molecule has 1 aromatic rings. The Kier molecular flexibility index (Phi) is 3.95. The van der Waals surface area contributed by atoms with E-state index in [4.69, 9.17) is 15.1 Å². The maximum Gasteiger partial charge on any atom is 0.114 e. The average molecular weight is 185 g/mol. The number of nitrogens with two attached hydrogens (primary N) is 1. The summed E-state index contributed by atoms with van der Waals surface area (Å²) < 4.78 is 10.3. The van der Waals surface area contributed by atoms with Gasteiger partial charge in [0.2, 0.25) is 0 Å². The van der Waals surface area contributed by atoms with Crippen molar-refractivity contribution in [3.05, 3.63) is 23.7 Å². The average Bonchev–Trinajstić information content (AvgIpc) is 2.54. The fraction of sp³-hybridized carbons (Fsp3) is 0.556. The van der Waals surface area contributed by atoms with E-state index in [-0.39, 0.29) is 5.92 Å². The predicted molar refractivity (Wildman–Crippen MR) is 48.0 cm³/mol. The summed E-state index contributed by atoms with van der Waals surface area (Å²) >= 11 is 0. The molecule has 0 aliphatic carbocycles. The summed E-state index contributed by atoms with van der Waals surface area (Å²) in [7, 11) is 1.65. The van der Waals surface area contributed by atoms with E-state index < -0.39 is 0 Å². The molecule has 0 aromatic carbocycles. The molecule has 13 heavy (non-hydrogen) atoms. The van der Waals surface area contributed by atoms with E-state index in [1.54, 1.807) is 13.4 Å². The molecule has 2 N–H and O–H groups in total. The molecule has 4 nitrogen and oxygen atoms in total. The minimum absolute atomic E-state index is 0.158. The fourth-order valence-electron chi connectivity index (χ4n) is 1.27. The lowest BCUT2D eigenvalue weighted by molar-refractivity contribution is 0.119. The number of methoxy groups -OCH3 is 1. The van der Waals surface area contributed by atoms with Crippen molar-refractivity contribution < 1.29 is 14.0 Å². The molecule has 0 fully saturated rings. The van der Waals surface area contributed by atoms with E-state index in [0.29, 0.717) is 13.2 Å². The minimum Gasteiger partial charge on any atom is -0.469 e. The summed E-state index contributed by atoms with van der Waals surface area (Å²) in [6.45, 7) is 3.00. The topological polar surface area (TPSA) is 57.6 Å². The van der Waals surface area contributed by atoms with Crippen LogP contribution in [0, 0.1) is 0 Å². The zero-order chi connectivity index (χ0) is 9.68. The van der Waals surface area contributed by atoms with Crippen LogP contribution >= 0.6 is 0 Å². The van der Waals surface area contributed by atoms with Gasteiger partial charge in [0.25, 0.3) is 0 Å². The van der Waals surface area contributed by atoms with Crippen molar-refractivity contribution >= 4 is 0 Å². The van der Waals surface area contributed by atoms with Gasteiger partial charge >= 0.3 is 0 Å². The molecular formula is C9H15NO3. The van der Waals surface area contributed by atoms with Crippen molar-refractivity contribution in [3.8, 4) is 0 Å². The Hall–Kier alpha value is -0.840. The summed E-state index contributed by atoms with van der Waals surface area (Å²) in [6, 6.07) is 1.89. The lowest BCUT2D eigenvalue weighted by atomic mass is 10.1. The van der Waals surface area contributed by atoms with Crippen LogP contribution in [0.3, 0.4) is 0 Å². The first-order chi connectivity index (χ1) is 6.29. The molecule has 0 aliphatic heterocycles. The van der Waals surface area contributed by atoms with Crippen LogP contribution in [0.1, 0.15) is 24.2 Å². The zero-order valence-electron chi connectivity index (χ0n) is 7.95. The Balaban J connectivity index is 2.68. The molecule has 1 aromatic heterocycles. The monoisotopic (exact) mass is 185 g/mol. The highest BCUT2D eigenvalue weighted by Gasteiger charge is 2.13. The number of hydrogen-bond donors (Lipinski definition) is 1. The second kappa shape index (κ2) is 5.01. The summed E-state index contributed by atoms with van der Waals surface area (Å²) in [6.07, 6.45) is 1.65. The fourth-order valence-corrected chi connectivity index (χ4v) is 1.27. The molecule has 0 saturated heterocycles. The van der Waals surface area contributed by atoms with Crippen LogP contribution in [-0.2, 0) is 16.2 Å². The number of rotatable bonds is 5. The summed E-state index contributed by atoms with van der Waals surface area (Å²) in [5.74, 6) is 6.03. The van der Waals surface area contributed by atoms with Gasteiger partial charge in [0.1, 0.15) is 5.76 Å². The van der Waals surface area contributed by atoms with Crippen LogP contribution in [0.25, 0.3) is 0 Å². The van der Waals surface area contributed by atoms with Gasteiger partial charge in [0.05, 0.1) is 19.5 Å². The van der Waals surface area contributed by atoms with Gasteiger partial charge in [-0.05, 0) is 6.07 Å². The van der Waals surface area contributed by atoms with Crippen LogP contribution in [-0.4, -0.2) is 13.7 Å². The van der Waals surface area contributed by atoms with Crippen molar-refractivity contribution in [2.75, 3.05) is 13.7 Å². The van der Waals surface area contributed by atoms with Crippen molar-refractivity contribution in [2.24, 2.45) is 5.90 Å². The third-order valence-electron chi connectivity index (χ3n) is 1.87. The van der Waals surface area contributed by atoms with Crippen molar-refractivity contribution in [1.82, 2.24) is 0 Å². The van der Waals surface area contributed by atoms with E-state index in [2.05, 4.69) is 4.84 Å². The van der Waals surface area contributed by atoms with E-state index in [0.717, 1.165) is 11.3 Å². The molecule has 0 spiro atoms. The molecule has 4 heteroatoms. The van der Waals surface area contributed by atoms with Crippen LogP contribution in [0.2, 0.25) is 0 Å². The lowest BCUT2D eigenvalue weighted by Crippen LogP contribution is -2.09. The molecule has 0 bridgehead atoms. The highest BCUT2D eigenvalue weighted by atomic mass is 16.6. The Bertz CT molecular complexity index is 247. The predicted octanol–water partition coefficient (Wildman–Crippen LogP) is 1.42. The quantitative estimate of drug-likeness (QED) is 0.705. The van der Waals surface area contributed by atoms with Crippen LogP contribution < -0.4 is 5.90 Å². The highest BCUT2D eigenvalue weighted by Crippen LogP contribution is 2.21. The first-order valence-corrected chi connectivity index (χ1v) is 4.16. The first-order valence-electron chi connectivity index (χ1n) is 4.16. The second-order valence-electron chi connectivity index (χ2n) is 2.98. The molecule has 0 saturated carbocycles. The number of furan rings is 1. The number of ether oxygens (including phenoxy) is 1. The van der Waals surface area contributed by atoms with Gasteiger partial charge in [-0.25, -0.2) is 5.90 Å². The standard InChI is InChI=1S/C9H15NO3/c1-7(5-13-10)9-8(6-11-2)3-4-12-9/h3-4,7H,5-6,10H2,1-2H3. The molecule has 74 valence electrons. The van der Waals surface area contributed by atoms with Gasteiger partial charge in [-0.15, -0.1) is 0 Å². The summed E-state index contributed by atoms with van der Waals surface area (Å²) in [4.78, 5) is 4.56. The van der Waals surface area contributed by atoms with Crippen LogP contribution in [0.4, 0.5) is 0 Å². The number of hydrogen-bond acceptors (Lipinski definition) is 4. The highest BCUT2D eigenvalue weighted by molar-refractivity contribution is 5.19. The third-order valence-corrected chi connectivity index (χ3v) is 1.87. The first kappa shape index (κ1) is 10.2. The summed E-state index contributed by atoms with van der Waals surface area (Å²) in [5, 5.41) is 0. The molecule has 1 atom stereocenters. The van der Waals surface area contributed by atoms with Crippen LogP contribution in [0.5, 0.6) is 0 Å².